The van der Waals surface area contributed by atoms with Crippen LogP contribution in [0.3, 0.4) is 0 Å². The second-order valence-corrected chi connectivity index (χ2v) is 11.2. The third-order valence-electron chi connectivity index (χ3n) is 7.85. The third-order valence-corrected chi connectivity index (χ3v) is 8.17. The highest BCUT2D eigenvalue weighted by atomic mass is 35.5. The molecule has 7 nitrogen and oxygen atoms in total. The number of carbonyl (C=O) groups excluding carboxylic acids is 1. The van der Waals surface area contributed by atoms with E-state index in [0.29, 0.717) is 63.7 Å². The van der Waals surface area contributed by atoms with Crippen LogP contribution >= 0.6 is 11.6 Å². The molecule has 0 saturated carbocycles. The molecule has 214 valence electrons. The van der Waals surface area contributed by atoms with Gasteiger partial charge in [-0.1, -0.05) is 50.2 Å². The van der Waals surface area contributed by atoms with Crippen LogP contribution in [0.5, 0.6) is 0 Å². The summed E-state index contributed by atoms with van der Waals surface area (Å²) in [5.41, 5.74) is 9.45. The molecule has 4 aromatic rings. The van der Waals surface area contributed by atoms with Crippen molar-refractivity contribution in [3.8, 4) is 22.9 Å². The summed E-state index contributed by atoms with van der Waals surface area (Å²) in [6.45, 7) is 10.8. The van der Waals surface area contributed by atoms with Crippen molar-refractivity contribution in [2.45, 2.75) is 32.7 Å². The van der Waals surface area contributed by atoms with E-state index in [4.69, 9.17) is 17.3 Å². The van der Waals surface area contributed by atoms with Gasteiger partial charge in [0.25, 0.3) is 5.56 Å². The van der Waals surface area contributed by atoms with Gasteiger partial charge in [0.1, 0.15) is 17.4 Å². The van der Waals surface area contributed by atoms with E-state index < -0.39 is 11.4 Å². The van der Waals surface area contributed by atoms with Crippen LogP contribution < -0.4 is 16.2 Å². The Morgan fingerprint density at radius 1 is 1.17 bits per heavy atom. The molecule has 2 heterocycles. The molecule has 1 aromatic heterocycles. The summed E-state index contributed by atoms with van der Waals surface area (Å²) in [6, 6.07) is 17.1. The van der Waals surface area contributed by atoms with Gasteiger partial charge in [-0.05, 0) is 60.9 Å². The number of amides is 1. The van der Waals surface area contributed by atoms with E-state index in [-0.39, 0.29) is 23.4 Å². The first-order valence-electron chi connectivity index (χ1n) is 13.7. The minimum absolute atomic E-state index is 0.0227. The molecule has 1 saturated heterocycles. The van der Waals surface area contributed by atoms with E-state index in [2.05, 4.69) is 12.6 Å². The summed E-state index contributed by atoms with van der Waals surface area (Å²) in [5, 5.41) is 11.3. The molecule has 1 aliphatic heterocycles. The minimum Gasteiger partial charge on any atom is -0.398 e. The van der Waals surface area contributed by atoms with E-state index in [0.717, 1.165) is 5.56 Å². The van der Waals surface area contributed by atoms with Crippen molar-refractivity contribution in [2.24, 2.45) is 0 Å². The fourth-order valence-electron chi connectivity index (χ4n) is 5.80. The van der Waals surface area contributed by atoms with Crippen molar-refractivity contribution in [2.75, 3.05) is 30.3 Å². The van der Waals surface area contributed by atoms with Crippen LogP contribution in [0, 0.1) is 17.1 Å². The molecule has 2 N–H and O–H groups in total. The number of para-hydroxylation sites is 1. The minimum atomic E-state index is -0.481. The van der Waals surface area contributed by atoms with Crippen LogP contribution in [0.15, 0.2) is 72.0 Å². The molecule has 1 atom stereocenters. The maximum atomic E-state index is 14.4. The predicted octanol–water partition coefficient (Wildman–Crippen LogP) is 6.25. The maximum absolute atomic E-state index is 14.4. The number of nitrogens with zero attached hydrogens (tertiary/aromatic N) is 4. The summed E-state index contributed by atoms with van der Waals surface area (Å²) < 4.78 is 15.9. The fraction of sp³-hybridized carbons (Fsp3) is 0.242. The zero-order valence-corrected chi connectivity index (χ0v) is 24.5. The SMILES string of the molecule is C=CC(=O)N1CCN(c2c(C#N)c(=O)n(-c3ccccc3C(C)C)c3cc(-c4cc(F)ccc4N)c(Cl)cc23)[C@@H](C)C1. The van der Waals surface area contributed by atoms with Gasteiger partial charge in [0.2, 0.25) is 5.91 Å². The number of benzene rings is 3. The summed E-state index contributed by atoms with van der Waals surface area (Å²) in [5.74, 6) is -0.568. The van der Waals surface area contributed by atoms with E-state index >= 15 is 0 Å². The van der Waals surface area contributed by atoms with Crippen molar-refractivity contribution in [3.63, 3.8) is 0 Å². The van der Waals surface area contributed by atoms with Gasteiger partial charge in [-0.2, -0.15) is 5.26 Å². The number of nitrogens with two attached hydrogens (primary N) is 1. The quantitative estimate of drug-likeness (QED) is 0.221. The zero-order chi connectivity index (χ0) is 30.3. The lowest BCUT2D eigenvalue weighted by molar-refractivity contribution is -0.126. The Balaban J connectivity index is 1.88. The van der Waals surface area contributed by atoms with Crippen molar-refractivity contribution in [3.05, 3.63) is 99.6 Å². The van der Waals surface area contributed by atoms with Gasteiger partial charge in [0, 0.05) is 52.9 Å². The first-order valence-corrected chi connectivity index (χ1v) is 14.1. The van der Waals surface area contributed by atoms with E-state index in [1.54, 1.807) is 21.6 Å². The van der Waals surface area contributed by atoms with Gasteiger partial charge < -0.3 is 15.5 Å². The Morgan fingerprint density at radius 2 is 1.90 bits per heavy atom. The molecule has 1 fully saturated rings. The summed E-state index contributed by atoms with van der Waals surface area (Å²) in [7, 11) is 0. The number of nitriles is 1. The number of piperazine rings is 1. The second-order valence-electron chi connectivity index (χ2n) is 10.8. The molecule has 1 aliphatic rings. The number of aromatic nitrogens is 1. The maximum Gasteiger partial charge on any atom is 0.275 e. The summed E-state index contributed by atoms with van der Waals surface area (Å²) in [4.78, 5) is 30.4. The zero-order valence-electron chi connectivity index (χ0n) is 23.7. The Labute approximate surface area is 248 Å². The number of hydrogen-bond donors (Lipinski definition) is 1. The largest absolute Gasteiger partial charge is 0.398 e. The molecule has 5 rings (SSSR count). The Bertz CT molecular complexity index is 1840. The van der Waals surface area contributed by atoms with Crippen LogP contribution in [-0.2, 0) is 4.79 Å². The van der Waals surface area contributed by atoms with E-state index in [1.807, 2.05) is 49.9 Å². The van der Waals surface area contributed by atoms with Crippen LogP contribution in [0.1, 0.15) is 37.8 Å². The van der Waals surface area contributed by atoms with E-state index in [1.165, 1.54) is 24.3 Å². The fourth-order valence-corrected chi connectivity index (χ4v) is 6.06. The number of halogens is 2. The van der Waals surface area contributed by atoms with Crippen LogP contribution in [0.25, 0.3) is 27.7 Å². The number of pyridine rings is 1. The van der Waals surface area contributed by atoms with Crippen LogP contribution in [-0.4, -0.2) is 41.1 Å². The second kappa shape index (κ2) is 11.3. The first kappa shape index (κ1) is 28.9. The molecular weight excluding hydrogens is 553 g/mol. The Kier molecular flexibility index (Phi) is 7.81. The number of fused-ring (bicyclic) bond motifs is 1. The van der Waals surface area contributed by atoms with Gasteiger partial charge >= 0.3 is 0 Å². The number of anilines is 2. The molecule has 0 spiro atoms. The normalized spacial score (nSPS) is 15.2. The molecule has 1 amide bonds. The van der Waals surface area contributed by atoms with Crippen LogP contribution in [0.4, 0.5) is 15.8 Å². The average molecular weight is 584 g/mol. The molecule has 0 radical (unpaired) electrons. The van der Waals surface area contributed by atoms with E-state index in [9.17, 15) is 19.2 Å². The van der Waals surface area contributed by atoms with Gasteiger partial charge in [-0.15, -0.1) is 0 Å². The highest BCUT2D eigenvalue weighted by Crippen LogP contribution is 2.41. The standard InChI is InChI=1S/C33H31ClFN5O2/c1-5-31(41)38-12-13-39(20(4)18-38)32-25-15-27(34)23(24-14-21(35)10-11-28(24)37)16-30(25)40(33(42)26(32)17-36)29-9-7-6-8-22(29)19(2)3/h5-11,14-16,19-20H,1,12-13,18,37H2,2-4H3/t20-/m0/s1. The first-order chi connectivity index (χ1) is 20.1. The molecule has 0 bridgehead atoms. The highest BCUT2D eigenvalue weighted by molar-refractivity contribution is 6.34. The van der Waals surface area contributed by atoms with Crippen LogP contribution in [0.2, 0.25) is 5.02 Å². The molecule has 9 heteroatoms. The Morgan fingerprint density at radius 3 is 2.57 bits per heavy atom. The monoisotopic (exact) mass is 583 g/mol. The van der Waals surface area contributed by atoms with Crippen molar-refractivity contribution < 1.29 is 9.18 Å². The average Bonchev–Trinajstić information content (AvgIpc) is 2.97. The van der Waals surface area contributed by atoms with Gasteiger partial charge in [0.05, 0.1) is 16.9 Å². The smallest absolute Gasteiger partial charge is 0.275 e. The molecule has 3 aromatic carbocycles. The molecule has 42 heavy (non-hydrogen) atoms. The number of carbonyl (C=O) groups is 1. The Hall–Kier alpha value is -4.61. The molecular formula is C33H31ClFN5O2. The lowest BCUT2D eigenvalue weighted by atomic mass is 9.97. The summed E-state index contributed by atoms with van der Waals surface area (Å²) >= 11 is 6.88. The van der Waals surface area contributed by atoms with Gasteiger partial charge in [-0.25, -0.2) is 4.39 Å². The van der Waals surface area contributed by atoms with Gasteiger partial charge in [0.15, 0.2) is 0 Å². The third kappa shape index (κ3) is 4.90. The molecule has 0 unspecified atom stereocenters. The van der Waals surface area contributed by atoms with Crippen molar-refractivity contribution >= 4 is 39.8 Å². The number of nitrogen functional groups attached to an aromatic ring is 1. The molecule has 0 aliphatic carbocycles. The lowest BCUT2D eigenvalue weighted by Crippen LogP contribution is -2.54. The predicted molar refractivity (Wildman–Crippen MR) is 167 cm³/mol. The van der Waals surface area contributed by atoms with Crippen molar-refractivity contribution in [1.82, 2.24) is 9.47 Å². The number of hydrogen-bond acceptors (Lipinski definition) is 5. The van der Waals surface area contributed by atoms with Crippen molar-refractivity contribution in [1.29, 1.82) is 5.26 Å². The lowest BCUT2D eigenvalue weighted by Gasteiger charge is -2.41. The topological polar surface area (TPSA) is 95.4 Å². The summed E-state index contributed by atoms with van der Waals surface area (Å²) in [6.07, 6.45) is 1.28. The highest BCUT2D eigenvalue weighted by Gasteiger charge is 2.31. The van der Waals surface area contributed by atoms with Gasteiger partial charge in [-0.3, -0.25) is 14.2 Å². The number of rotatable bonds is 5.